The lowest BCUT2D eigenvalue weighted by Gasteiger charge is -2.21. The lowest BCUT2D eigenvalue weighted by molar-refractivity contribution is 0.451. The van der Waals surface area contributed by atoms with E-state index < -0.39 is 15.1 Å². The fourth-order valence-electron chi connectivity index (χ4n) is 2.93. The summed E-state index contributed by atoms with van der Waals surface area (Å²) in [7, 11) is -2.98. The summed E-state index contributed by atoms with van der Waals surface area (Å²) in [6, 6.07) is 0. The van der Waals surface area contributed by atoms with Gasteiger partial charge in [0.1, 0.15) is 11.1 Å². The van der Waals surface area contributed by atoms with Crippen molar-refractivity contribution in [3.05, 3.63) is 11.6 Å². The maximum absolute atomic E-state index is 11.9. The van der Waals surface area contributed by atoms with E-state index in [1.165, 1.54) is 0 Å². The SMILES string of the molecule is CC1CCCn2c1nnc2C1CCCS1(=O)=O. The zero-order valence-corrected chi connectivity index (χ0v) is 10.8. The minimum Gasteiger partial charge on any atom is -0.314 e. The molecule has 2 aliphatic rings. The van der Waals surface area contributed by atoms with Gasteiger partial charge in [0.25, 0.3) is 0 Å². The van der Waals surface area contributed by atoms with Gasteiger partial charge in [-0.1, -0.05) is 6.92 Å². The van der Waals surface area contributed by atoms with Crippen molar-refractivity contribution in [3.63, 3.8) is 0 Å². The Morgan fingerprint density at radius 1 is 1.18 bits per heavy atom. The minimum atomic E-state index is -2.98. The minimum absolute atomic E-state index is 0.301. The van der Waals surface area contributed by atoms with Gasteiger partial charge in [-0.3, -0.25) is 0 Å². The Hall–Kier alpha value is -0.910. The monoisotopic (exact) mass is 255 g/mol. The average Bonchev–Trinajstić information content (AvgIpc) is 2.82. The highest BCUT2D eigenvalue weighted by Crippen LogP contribution is 2.36. The first-order valence-electron chi connectivity index (χ1n) is 6.24. The maximum atomic E-state index is 11.9. The van der Waals surface area contributed by atoms with E-state index in [0.717, 1.165) is 31.6 Å². The lowest BCUT2D eigenvalue weighted by Crippen LogP contribution is -2.19. The normalized spacial score (nSPS) is 31.4. The number of aromatic nitrogens is 3. The molecule has 3 heterocycles. The summed E-state index contributed by atoms with van der Waals surface area (Å²) < 4.78 is 25.9. The van der Waals surface area contributed by atoms with E-state index in [9.17, 15) is 8.42 Å². The molecule has 0 saturated carbocycles. The molecule has 0 radical (unpaired) electrons. The van der Waals surface area contributed by atoms with Gasteiger partial charge in [-0.25, -0.2) is 8.42 Å². The van der Waals surface area contributed by atoms with Crippen LogP contribution in [-0.2, 0) is 16.4 Å². The van der Waals surface area contributed by atoms with E-state index in [-0.39, 0.29) is 0 Å². The van der Waals surface area contributed by atoms with Crippen LogP contribution >= 0.6 is 0 Å². The molecule has 2 aliphatic heterocycles. The van der Waals surface area contributed by atoms with Crippen LogP contribution in [0, 0.1) is 0 Å². The molecule has 0 N–H and O–H groups in total. The second kappa shape index (κ2) is 3.80. The summed E-state index contributed by atoms with van der Waals surface area (Å²) in [6.07, 6.45) is 3.67. The molecule has 0 spiro atoms. The first kappa shape index (κ1) is 11.2. The van der Waals surface area contributed by atoms with Crippen LogP contribution in [0.1, 0.15) is 55.4 Å². The summed E-state index contributed by atoms with van der Waals surface area (Å²) in [4.78, 5) is 0. The molecule has 1 fully saturated rings. The van der Waals surface area contributed by atoms with Crippen LogP contribution in [0.25, 0.3) is 0 Å². The van der Waals surface area contributed by atoms with Crippen LogP contribution in [0.15, 0.2) is 0 Å². The molecule has 0 aromatic carbocycles. The number of hydrogen-bond donors (Lipinski definition) is 0. The molecule has 0 bridgehead atoms. The number of fused-ring (bicyclic) bond motifs is 1. The first-order chi connectivity index (χ1) is 8.09. The van der Waals surface area contributed by atoms with Gasteiger partial charge in [0, 0.05) is 12.5 Å². The van der Waals surface area contributed by atoms with E-state index >= 15 is 0 Å². The fourth-order valence-corrected chi connectivity index (χ4v) is 4.80. The van der Waals surface area contributed by atoms with E-state index in [1.54, 1.807) is 0 Å². The van der Waals surface area contributed by atoms with Crippen molar-refractivity contribution in [1.82, 2.24) is 14.8 Å². The van der Waals surface area contributed by atoms with Gasteiger partial charge in [-0.05, 0) is 25.7 Å². The largest absolute Gasteiger partial charge is 0.314 e. The van der Waals surface area contributed by atoms with Crippen molar-refractivity contribution < 1.29 is 8.42 Å². The number of rotatable bonds is 1. The lowest BCUT2D eigenvalue weighted by atomic mass is 10.0. The van der Waals surface area contributed by atoms with E-state index in [0.29, 0.717) is 23.9 Å². The molecule has 0 amide bonds. The number of sulfone groups is 1. The number of hydrogen-bond acceptors (Lipinski definition) is 4. The third-order valence-electron chi connectivity index (χ3n) is 3.88. The van der Waals surface area contributed by atoms with Crippen LogP contribution in [0.4, 0.5) is 0 Å². The standard InChI is InChI=1S/C11H17N3O2S/c1-8-4-2-6-14-10(8)12-13-11(14)9-5-3-7-17(9,15)16/h8-9H,2-7H2,1H3. The Labute approximate surface area is 101 Å². The van der Waals surface area contributed by atoms with Gasteiger partial charge >= 0.3 is 0 Å². The van der Waals surface area contributed by atoms with Crippen molar-refractivity contribution in [1.29, 1.82) is 0 Å². The molecule has 17 heavy (non-hydrogen) atoms. The summed E-state index contributed by atoms with van der Waals surface area (Å²) in [5.41, 5.74) is 0. The molecule has 0 aliphatic carbocycles. The zero-order valence-electron chi connectivity index (χ0n) is 9.96. The van der Waals surface area contributed by atoms with Crippen molar-refractivity contribution in [2.75, 3.05) is 5.75 Å². The Kier molecular flexibility index (Phi) is 2.50. The molecule has 5 nitrogen and oxygen atoms in total. The van der Waals surface area contributed by atoms with E-state index in [1.807, 2.05) is 4.57 Å². The predicted molar refractivity (Wildman–Crippen MR) is 63.4 cm³/mol. The average molecular weight is 255 g/mol. The van der Waals surface area contributed by atoms with Crippen LogP contribution < -0.4 is 0 Å². The Morgan fingerprint density at radius 3 is 2.65 bits per heavy atom. The van der Waals surface area contributed by atoms with E-state index in [4.69, 9.17) is 0 Å². The molecule has 6 heteroatoms. The molecular formula is C11H17N3O2S. The van der Waals surface area contributed by atoms with Crippen LogP contribution in [0.2, 0.25) is 0 Å². The highest BCUT2D eigenvalue weighted by molar-refractivity contribution is 7.91. The third-order valence-corrected chi connectivity index (χ3v) is 6.06. The third kappa shape index (κ3) is 1.69. The molecule has 94 valence electrons. The van der Waals surface area contributed by atoms with Gasteiger partial charge in [0.15, 0.2) is 15.7 Å². The van der Waals surface area contributed by atoms with Gasteiger partial charge in [0.05, 0.1) is 5.75 Å². The first-order valence-corrected chi connectivity index (χ1v) is 7.95. The number of nitrogens with zero attached hydrogens (tertiary/aromatic N) is 3. The molecule has 1 aromatic heterocycles. The molecule has 2 unspecified atom stereocenters. The fraction of sp³-hybridized carbons (Fsp3) is 0.818. The van der Waals surface area contributed by atoms with Gasteiger partial charge in [0.2, 0.25) is 0 Å². The van der Waals surface area contributed by atoms with Crippen LogP contribution in [-0.4, -0.2) is 28.9 Å². The Bertz CT molecular complexity index is 535. The Balaban J connectivity index is 2.05. The smallest absolute Gasteiger partial charge is 0.160 e. The second-order valence-corrected chi connectivity index (χ2v) is 7.41. The predicted octanol–water partition coefficient (Wildman–Crippen LogP) is 1.43. The molecule has 3 rings (SSSR count). The van der Waals surface area contributed by atoms with Gasteiger partial charge < -0.3 is 4.57 Å². The second-order valence-electron chi connectivity index (χ2n) is 5.11. The summed E-state index contributed by atoms with van der Waals surface area (Å²) in [5, 5.41) is 7.95. The molecule has 2 atom stereocenters. The van der Waals surface area contributed by atoms with Gasteiger partial charge in [-0.2, -0.15) is 0 Å². The van der Waals surface area contributed by atoms with Crippen molar-refractivity contribution >= 4 is 9.84 Å². The summed E-state index contributed by atoms with van der Waals surface area (Å²) in [6.45, 7) is 3.00. The van der Waals surface area contributed by atoms with Crippen molar-refractivity contribution in [2.24, 2.45) is 0 Å². The molecule has 1 aromatic rings. The van der Waals surface area contributed by atoms with Crippen LogP contribution in [0.5, 0.6) is 0 Å². The quantitative estimate of drug-likeness (QED) is 0.761. The zero-order chi connectivity index (χ0) is 12.0. The van der Waals surface area contributed by atoms with E-state index in [2.05, 4.69) is 17.1 Å². The van der Waals surface area contributed by atoms with Crippen molar-refractivity contribution in [3.8, 4) is 0 Å². The van der Waals surface area contributed by atoms with Gasteiger partial charge in [-0.15, -0.1) is 10.2 Å². The summed E-state index contributed by atoms with van der Waals surface area (Å²) >= 11 is 0. The highest BCUT2D eigenvalue weighted by Gasteiger charge is 2.37. The highest BCUT2D eigenvalue weighted by atomic mass is 32.2. The summed E-state index contributed by atoms with van der Waals surface area (Å²) in [5.74, 6) is 2.35. The Morgan fingerprint density at radius 2 is 1.94 bits per heavy atom. The molecule has 1 saturated heterocycles. The topological polar surface area (TPSA) is 64.8 Å². The maximum Gasteiger partial charge on any atom is 0.160 e. The van der Waals surface area contributed by atoms with Crippen molar-refractivity contribution in [2.45, 2.75) is 50.3 Å². The molecular weight excluding hydrogens is 238 g/mol. The van der Waals surface area contributed by atoms with Crippen LogP contribution in [0.3, 0.4) is 0 Å².